The second-order valence-electron chi connectivity index (χ2n) is 5.04. The van der Waals surface area contributed by atoms with Crippen molar-refractivity contribution in [2.24, 2.45) is 4.99 Å². The highest BCUT2D eigenvalue weighted by Gasteiger charge is 2.15. The smallest absolute Gasteiger partial charge is 0.250 e. The molecule has 1 aromatic heterocycles. The van der Waals surface area contributed by atoms with E-state index in [0.29, 0.717) is 10.9 Å². The Bertz CT molecular complexity index is 644. The van der Waals surface area contributed by atoms with Crippen molar-refractivity contribution in [3.8, 4) is 0 Å². The van der Waals surface area contributed by atoms with Crippen LogP contribution in [0.25, 0.3) is 0 Å². The molecule has 0 bridgehead atoms. The van der Waals surface area contributed by atoms with Crippen molar-refractivity contribution in [3.63, 3.8) is 0 Å². The largest absolute Gasteiger partial charge is 0.357 e. The molecule has 1 aromatic rings. The Morgan fingerprint density at radius 1 is 1.50 bits per heavy atom. The van der Waals surface area contributed by atoms with E-state index in [1.807, 2.05) is 24.9 Å². The number of thiophene rings is 1. The number of aliphatic imine (C=N–C) groups is 1. The van der Waals surface area contributed by atoms with E-state index in [0.717, 1.165) is 43.2 Å². The Balaban J connectivity index is 2.53. The minimum atomic E-state index is -3.52. The second kappa shape index (κ2) is 10.7. The van der Waals surface area contributed by atoms with Crippen molar-refractivity contribution in [1.82, 2.24) is 14.9 Å². The van der Waals surface area contributed by atoms with Gasteiger partial charge in [-0.05, 0) is 31.9 Å². The first-order valence-electron chi connectivity index (χ1n) is 7.76. The molecule has 0 aliphatic carbocycles. The standard InChI is InChI=1S/C15H25ClN4O2S2/c1-4-6-7-12-20(3)15(17-5-2)18-10-11-19-24(21,22)14-9-8-13(16)23-14/h4,8-9,19H,1,5-7,10-12H2,2-3H3,(H,17,18). The maximum atomic E-state index is 12.1. The summed E-state index contributed by atoms with van der Waals surface area (Å²) in [5, 5.41) is 3.20. The topological polar surface area (TPSA) is 73.8 Å². The third-order valence-corrected chi connectivity index (χ3v) is 6.26. The molecule has 0 saturated carbocycles. The van der Waals surface area contributed by atoms with Crippen LogP contribution in [0.2, 0.25) is 4.34 Å². The molecule has 24 heavy (non-hydrogen) atoms. The van der Waals surface area contributed by atoms with Crippen LogP contribution in [0, 0.1) is 0 Å². The van der Waals surface area contributed by atoms with Gasteiger partial charge in [-0.2, -0.15) is 0 Å². The number of hydrogen-bond donors (Lipinski definition) is 2. The van der Waals surface area contributed by atoms with Gasteiger partial charge in [-0.15, -0.1) is 17.9 Å². The highest BCUT2D eigenvalue weighted by molar-refractivity contribution is 7.91. The molecular weight excluding hydrogens is 368 g/mol. The van der Waals surface area contributed by atoms with Gasteiger partial charge in [0, 0.05) is 26.7 Å². The first-order chi connectivity index (χ1) is 11.4. The van der Waals surface area contributed by atoms with Crippen molar-refractivity contribution < 1.29 is 8.42 Å². The molecule has 1 heterocycles. The van der Waals surface area contributed by atoms with Gasteiger partial charge in [0.15, 0.2) is 5.96 Å². The summed E-state index contributed by atoms with van der Waals surface area (Å²) in [5.74, 6) is 0.764. The first-order valence-corrected chi connectivity index (χ1v) is 10.4. The minimum Gasteiger partial charge on any atom is -0.357 e. The molecule has 0 aliphatic rings. The summed E-state index contributed by atoms with van der Waals surface area (Å²) in [4.78, 5) is 6.48. The Hall–Kier alpha value is -1.09. The third-order valence-electron chi connectivity index (χ3n) is 3.08. The molecule has 0 spiro atoms. The van der Waals surface area contributed by atoms with Crippen molar-refractivity contribution in [3.05, 3.63) is 29.1 Å². The highest BCUT2D eigenvalue weighted by Crippen LogP contribution is 2.25. The van der Waals surface area contributed by atoms with Gasteiger partial charge in [0.1, 0.15) is 4.21 Å². The second-order valence-corrected chi connectivity index (χ2v) is 8.75. The molecule has 6 nitrogen and oxygen atoms in total. The fraction of sp³-hybridized carbons (Fsp3) is 0.533. The molecule has 0 aromatic carbocycles. The number of nitrogens with one attached hydrogen (secondary N) is 2. The summed E-state index contributed by atoms with van der Waals surface area (Å²) in [5.41, 5.74) is 0. The van der Waals surface area contributed by atoms with Crippen LogP contribution in [0.4, 0.5) is 0 Å². The average molecular weight is 393 g/mol. The summed E-state index contributed by atoms with van der Waals surface area (Å²) in [7, 11) is -1.56. The third kappa shape index (κ3) is 7.21. The fourth-order valence-electron chi connectivity index (χ4n) is 1.90. The van der Waals surface area contributed by atoms with Crippen LogP contribution in [0.1, 0.15) is 19.8 Å². The zero-order valence-electron chi connectivity index (χ0n) is 14.1. The molecule has 0 saturated heterocycles. The molecule has 2 N–H and O–H groups in total. The van der Waals surface area contributed by atoms with E-state index in [9.17, 15) is 8.42 Å². The predicted molar refractivity (Wildman–Crippen MR) is 103 cm³/mol. The summed E-state index contributed by atoms with van der Waals surface area (Å²) in [6.07, 6.45) is 3.84. The zero-order chi connectivity index (χ0) is 18.0. The van der Waals surface area contributed by atoms with Gasteiger partial charge in [0.25, 0.3) is 0 Å². The summed E-state index contributed by atoms with van der Waals surface area (Å²) >= 11 is 6.81. The Morgan fingerprint density at radius 2 is 2.25 bits per heavy atom. The number of halogens is 1. The maximum absolute atomic E-state index is 12.1. The van der Waals surface area contributed by atoms with E-state index in [1.54, 1.807) is 6.07 Å². The summed E-state index contributed by atoms with van der Waals surface area (Å²) < 4.78 is 27.4. The van der Waals surface area contributed by atoms with Crippen LogP contribution in [0.15, 0.2) is 34.0 Å². The zero-order valence-corrected chi connectivity index (χ0v) is 16.5. The van der Waals surface area contributed by atoms with Gasteiger partial charge >= 0.3 is 0 Å². The monoisotopic (exact) mass is 392 g/mol. The van der Waals surface area contributed by atoms with E-state index < -0.39 is 10.0 Å². The molecule has 0 fully saturated rings. The van der Waals surface area contributed by atoms with Crippen molar-refractivity contribution in [2.45, 2.75) is 24.0 Å². The van der Waals surface area contributed by atoms with Gasteiger partial charge in [0.05, 0.1) is 10.9 Å². The number of guanidine groups is 1. The van der Waals surface area contributed by atoms with Gasteiger partial charge in [-0.25, -0.2) is 13.1 Å². The van der Waals surface area contributed by atoms with Gasteiger partial charge < -0.3 is 10.2 Å². The van der Waals surface area contributed by atoms with Crippen LogP contribution in [-0.4, -0.2) is 52.5 Å². The van der Waals surface area contributed by atoms with E-state index in [-0.39, 0.29) is 10.8 Å². The Labute approximate surface area is 153 Å². The van der Waals surface area contributed by atoms with Crippen LogP contribution >= 0.6 is 22.9 Å². The van der Waals surface area contributed by atoms with Crippen LogP contribution < -0.4 is 10.0 Å². The lowest BCUT2D eigenvalue weighted by atomic mass is 10.3. The van der Waals surface area contributed by atoms with Crippen molar-refractivity contribution in [2.75, 3.05) is 33.2 Å². The van der Waals surface area contributed by atoms with Crippen LogP contribution in [-0.2, 0) is 10.0 Å². The van der Waals surface area contributed by atoms with Gasteiger partial charge in [0.2, 0.25) is 10.0 Å². The Kier molecular flexibility index (Phi) is 9.35. The Morgan fingerprint density at radius 3 is 2.83 bits per heavy atom. The first kappa shape index (κ1) is 21.0. The lowest BCUT2D eigenvalue weighted by Gasteiger charge is -2.21. The molecule has 0 aliphatic heterocycles. The lowest BCUT2D eigenvalue weighted by molar-refractivity contribution is 0.470. The number of rotatable bonds is 10. The molecule has 0 amide bonds. The fourth-order valence-corrected chi connectivity index (χ4v) is 4.45. The number of nitrogens with zero attached hydrogens (tertiary/aromatic N) is 2. The molecule has 0 atom stereocenters. The SMILES string of the molecule is C=CCCCN(C)C(=NCCNS(=O)(=O)c1ccc(Cl)s1)NCC. The van der Waals surface area contributed by atoms with Crippen molar-refractivity contribution >= 4 is 38.9 Å². The number of hydrogen-bond acceptors (Lipinski definition) is 4. The molecule has 136 valence electrons. The molecule has 0 radical (unpaired) electrons. The van der Waals surface area contributed by atoms with E-state index in [4.69, 9.17) is 11.6 Å². The summed E-state index contributed by atoms with van der Waals surface area (Å²) in [6.45, 7) is 7.90. The predicted octanol–water partition coefficient (Wildman–Crippen LogP) is 2.54. The van der Waals surface area contributed by atoms with E-state index in [1.165, 1.54) is 6.07 Å². The molecule has 0 unspecified atom stereocenters. The number of allylic oxidation sites excluding steroid dienone is 1. The van der Waals surface area contributed by atoms with E-state index >= 15 is 0 Å². The van der Waals surface area contributed by atoms with Crippen LogP contribution in [0.3, 0.4) is 0 Å². The minimum absolute atomic E-state index is 0.213. The molecule has 9 heteroatoms. The van der Waals surface area contributed by atoms with E-state index in [2.05, 4.69) is 21.6 Å². The average Bonchev–Trinajstić information content (AvgIpc) is 2.98. The van der Waals surface area contributed by atoms with Crippen LogP contribution in [0.5, 0.6) is 0 Å². The molecule has 1 rings (SSSR count). The quantitative estimate of drug-likeness (QED) is 0.278. The maximum Gasteiger partial charge on any atom is 0.250 e. The normalized spacial score (nSPS) is 12.2. The highest BCUT2D eigenvalue weighted by atomic mass is 35.5. The lowest BCUT2D eigenvalue weighted by Crippen LogP contribution is -2.40. The molecular formula is C15H25ClN4O2S2. The van der Waals surface area contributed by atoms with Crippen molar-refractivity contribution in [1.29, 1.82) is 0 Å². The van der Waals surface area contributed by atoms with Gasteiger partial charge in [-0.1, -0.05) is 17.7 Å². The van der Waals surface area contributed by atoms with Gasteiger partial charge in [-0.3, -0.25) is 4.99 Å². The number of sulfonamides is 1. The summed E-state index contributed by atoms with van der Waals surface area (Å²) in [6, 6.07) is 3.07. The number of unbranched alkanes of at least 4 members (excludes halogenated alkanes) is 1.